The van der Waals surface area contributed by atoms with Crippen LogP contribution >= 0.6 is 23.2 Å². The average molecular weight is 377 g/mol. The lowest BCUT2D eigenvalue weighted by Crippen LogP contribution is -2.20. The van der Waals surface area contributed by atoms with Crippen molar-refractivity contribution in [3.05, 3.63) is 80.5 Å². The summed E-state index contributed by atoms with van der Waals surface area (Å²) in [5.41, 5.74) is 8.79. The van der Waals surface area contributed by atoms with Gasteiger partial charge in [-0.3, -0.25) is 5.41 Å². The molecule has 0 radical (unpaired) electrons. The Bertz CT molecular complexity index is 786. The van der Waals surface area contributed by atoms with E-state index in [1.54, 1.807) is 12.1 Å². The second kappa shape index (κ2) is 8.90. The van der Waals surface area contributed by atoms with Gasteiger partial charge >= 0.3 is 0 Å². The first-order valence-corrected chi connectivity index (χ1v) is 8.56. The van der Waals surface area contributed by atoms with Crippen molar-refractivity contribution in [3.8, 4) is 0 Å². The maximum atomic E-state index is 12.3. The zero-order valence-corrected chi connectivity index (χ0v) is 15.4. The highest BCUT2D eigenvalue weighted by Gasteiger charge is 2.01. The zero-order valence-electron chi connectivity index (χ0n) is 13.9. The molecule has 0 saturated heterocycles. The summed E-state index contributed by atoms with van der Waals surface area (Å²) in [6.45, 7) is 2.97. The van der Waals surface area contributed by atoms with Gasteiger partial charge in [0.15, 0.2) is 0 Å². The second-order valence-electron chi connectivity index (χ2n) is 5.84. The fraction of sp³-hybridized carbons (Fsp3) is 0.211. The molecule has 4 N–H and O–H groups in total. The molecule has 2 aromatic carbocycles. The standard InChI is InChI=1S/C19H21Cl2N3O/c1-12(18(25)9-14-4-7-16(20)17(21)8-14)10-24-11-13-2-5-15(6-3-13)19(22)23/h2-8,24-25H,9-11H2,1H3,(H3,22,23)/p-1. The topological polar surface area (TPSA) is 85.0 Å². The van der Waals surface area contributed by atoms with Gasteiger partial charge in [0.2, 0.25) is 0 Å². The van der Waals surface area contributed by atoms with Gasteiger partial charge in [0.25, 0.3) is 0 Å². The minimum atomic E-state index is 0.0524. The Balaban J connectivity index is 1.89. The van der Waals surface area contributed by atoms with Gasteiger partial charge in [-0.1, -0.05) is 59.1 Å². The quantitative estimate of drug-likeness (QED) is 0.393. The number of allylic oxidation sites excluding steroid dienone is 1. The van der Waals surface area contributed by atoms with Crippen LogP contribution in [0.2, 0.25) is 10.0 Å². The first-order valence-electron chi connectivity index (χ1n) is 7.80. The van der Waals surface area contributed by atoms with Crippen LogP contribution in [-0.4, -0.2) is 12.4 Å². The number of hydrogen-bond donors (Lipinski definition) is 3. The van der Waals surface area contributed by atoms with E-state index >= 15 is 0 Å². The molecule has 0 unspecified atom stereocenters. The predicted molar refractivity (Wildman–Crippen MR) is 102 cm³/mol. The number of rotatable bonds is 7. The molecule has 25 heavy (non-hydrogen) atoms. The van der Waals surface area contributed by atoms with E-state index in [1.807, 2.05) is 37.3 Å². The number of benzene rings is 2. The highest BCUT2D eigenvalue weighted by Crippen LogP contribution is 2.23. The van der Waals surface area contributed by atoms with Gasteiger partial charge in [0.1, 0.15) is 5.84 Å². The van der Waals surface area contributed by atoms with Crippen LogP contribution in [0.1, 0.15) is 23.6 Å². The van der Waals surface area contributed by atoms with Crippen molar-refractivity contribution in [1.82, 2.24) is 5.32 Å². The van der Waals surface area contributed by atoms with Crippen LogP contribution in [0.25, 0.3) is 0 Å². The Morgan fingerprint density at radius 3 is 2.32 bits per heavy atom. The van der Waals surface area contributed by atoms with Crippen molar-refractivity contribution in [2.75, 3.05) is 6.54 Å². The van der Waals surface area contributed by atoms with Crippen molar-refractivity contribution in [2.45, 2.75) is 19.9 Å². The molecule has 0 spiro atoms. The molecule has 132 valence electrons. The Labute approximate surface area is 157 Å². The van der Waals surface area contributed by atoms with E-state index in [0.29, 0.717) is 35.1 Å². The van der Waals surface area contributed by atoms with Crippen LogP contribution in [0.4, 0.5) is 0 Å². The molecule has 0 saturated carbocycles. The number of amidine groups is 1. The van der Waals surface area contributed by atoms with Crippen molar-refractivity contribution < 1.29 is 5.11 Å². The van der Waals surface area contributed by atoms with E-state index in [4.69, 9.17) is 34.3 Å². The van der Waals surface area contributed by atoms with Crippen LogP contribution in [-0.2, 0) is 13.0 Å². The van der Waals surface area contributed by atoms with Gasteiger partial charge < -0.3 is 16.2 Å². The van der Waals surface area contributed by atoms with E-state index in [2.05, 4.69) is 5.32 Å². The third kappa shape index (κ3) is 5.78. The molecular weight excluding hydrogens is 357 g/mol. The molecule has 2 rings (SSSR count). The van der Waals surface area contributed by atoms with Gasteiger partial charge in [-0.15, -0.1) is 5.76 Å². The van der Waals surface area contributed by atoms with Crippen molar-refractivity contribution in [1.29, 1.82) is 5.41 Å². The Morgan fingerprint density at radius 1 is 1.08 bits per heavy atom. The van der Waals surface area contributed by atoms with Gasteiger partial charge in [0.05, 0.1) is 10.0 Å². The molecule has 0 aliphatic heterocycles. The second-order valence-corrected chi connectivity index (χ2v) is 6.66. The van der Waals surface area contributed by atoms with Crippen molar-refractivity contribution in [3.63, 3.8) is 0 Å². The van der Waals surface area contributed by atoms with Crippen molar-refractivity contribution in [2.24, 2.45) is 5.73 Å². The Morgan fingerprint density at radius 2 is 1.72 bits per heavy atom. The van der Waals surface area contributed by atoms with Crippen LogP contribution in [0.3, 0.4) is 0 Å². The number of halogens is 2. The lowest BCUT2D eigenvalue weighted by Gasteiger charge is -2.18. The molecule has 2 aromatic rings. The highest BCUT2D eigenvalue weighted by molar-refractivity contribution is 6.42. The molecule has 6 heteroatoms. The molecule has 0 amide bonds. The van der Waals surface area contributed by atoms with Gasteiger partial charge in [-0.2, -0.15) is 0 Å². The summed E-state index contributed by atoms with van der Waals surface area (Å²) in [5.74, 6) is 0.120. The Hall–Kier alpha value is -2.01. The van der Waals surface area contributed by atoms with Crippen LogP contribution < -0.4 is 16.2 Å². The molecule has 0 aliphatic carbocycles. The number of hydrogen-bond acceptors (Lipinski definition) is 3. The van der Waals surface area contributed by atoms with E-state index < -0.39 is 0 Å². The van der Waals surface area contributed by atoms with E-state index in [1.165, 1.54) is 0 Å². The predicted octanol–water partition coefficient (Wildman–Crippen LogP) is 3.24. The van der Waals surface area contributed by atoms with Crippen LogP contribution in [0, 0.1) is 5.41 Å². The fourth-order valence-corrected chi connectivity index (χ4v) is 2.60. The van der Waals surface area contributed by atoms with Crippen LogP contribution in [0.5, 0.6) is 0 Å². The average Bonchev–Trinajstić information content (AvgIpc) is 2.58. The van der Waals surface area contributed by atoms with Gasteiger partial charge in [0, 0.05) is 18.7 Å². The maximum absolute atomic E-state index is 12.3. The lowest BCUT2D eigenvalue weighted by molar-refractivity contribution is -0.307. The third-order valence-corrected chi connectivity index (χ3v) is 4.55. The zero-order chi connectivity index (χ0) is 18.4. The molecule has 0 aliphatic rings. The maximum Gasteiger partial charge on any atom is 0.122 e. The summed E-state index contributed by atoms with van der Waals surface area (Å²) in [5, 5.41) is 23.8. The normalized spacial score (nSPS) is 12.0. The van der Waals surface area contributed by atoms with Gasteiger partial charge in [-0.25, -0.2) is 0 Å². The summed E-state index contributed by atoms with van der Waals surface area (Å²) < 4.78 is 0. The number of nitrogens with two attached hydrogens (primary N) is 1. The molecule has 0 fully saturated rings. The summed E-state index contributed by atoms with van der Waals surface area (Å²) in [6, 6.07) is 12.7. The third-order valence-electron chi connectivity index (χ3n) is 3.81. The smallest absolute Gasteiger partial charge is 0.122 e. The molecular formula is C19H20Cl2N3O-. The first-order chi connectivity index (χ1) is 11.9. The summed E-state index contributed by atoms with van der Waals surface area (Å²) in [7, 11) is 0. The summed E-state index contributed by atoms with van der Waals surface area (Å²) >= 11 is 11.9. The summed E-state index contributed by atoms with van der Waals surface area (Å²) in [4.78, 5) is 0. The SMILES string of the molecule is CC(CNCc1ccc(C(=N)N)cc1)=C([O-])Cc1ccc(Cl)c(Cl)c1. The number of nitrogens with one attached hydrogen (secondary N) is 2. The number of nitrogen functional groups attached to an aromatic ring is 1. The minimum absolute atomic E-state index is 0.0524. The molecule has 0 bridgehead atoms. The molecule has 4 nitrogen and oxygen atoms in total. The van der Waals surface area contributed by atoms with E-state index in [9.17, 15) is 5.11 Å². The van der Waals surface area contributed by atoms with E-state index in [-0.39, 0.29) is 11.6 Å². The molecule has 0 heterocycles. The van der Waals surface area contributed by atoms with Crippen molar-refractivity contribution >= 4 is 29.0 Å². The van der Waals surface area contributed by atoms with Gasteiger partial charge in [-0.05, 0) is 36.6 Å². The largest absolute Gasteiger partial charge is 0.875 e. The monoisotopic (exact) mass is 376 g/mol. The molecule has 0 atom stereocenters. The highest BCUT2D eigenvalue weighted by atomic mass is 35.5. The van der Waals surface area contributed by atoms with Crippen LogP contribution in [0.15, 0.2) is 53.8 Å². The lowest BCUT2D eigenvalue weighted by atomic mass is 10.1. The minimum Gasteiger partial charge on any atom is -0.875 e. The fourth-order valence-electron chi connectivity index (χ4n) is 2.28. The molecule has 0 aromatic heterocycles. The first kappa shape index (κ1) is 19.3. The Kier molecular flexibility index (Phi) is 6.88. The van der Waals surface area contributed by atoms with E-state index in [0.717, 1.165) is 16.7 Å². The summed E-state index contributed by atoms with van der Waals surface area (Å²) in [6.07, 6.45) is 0.303.